The fourth-order valence-corrected chi connectivity index (χ4v) is 2.12. The van der Waals surface area contributed by atoms with E-state index in [0.717, 1.165) is 11.4 Å². The largest absolute Gasteiger partial charge is 0.495 e. The fourth-order valence-electron chi connectivity index (χ4n) is 2.12. The van der Waals surface area contributed by atoms with Gasteiger partial charge in [0.1, 0.15) is 11.3 Å². The first kappa shape index (κ1) is 15.3. The molecule has 0 heterocycles. The first-order valence-corrected chi connectivity index (χ1v) is 6.33. The Morgan fingerprint density at radius 1 is 1.47 bits per heavy atom. The van der Waals surface area contributed by atoms with E-state index in [1.165, 1.54) is 0 Å². The van der Waals surface area contributed by atoms with Gasteiger partial charge in [-0.25, -0.2) is 0 Å². The highest BCUT2D eigenvalue weighted by molar-refractivity contribution is 5.85. The standard InChI is InChI=1S/C14H23N3O2/c1-5-16-14(2,13(15)18)10-17(3)11-8-6-7-9-12(11)19-4/h6-9,16H,5,10H2,1-4H3,(H2,15,18). The second kappa shape index (κ2) is 6.43. The summed E-state index contributed by atoms with van der Waals surface area (Å²) in [4.78, 5) is 13.6. The third-order valence-electron chi connectivity index (χ3n) is 3.16. The van der Waals surface area contributed by atoms with E-state index in [9.17, 15) is 4.79 Å². The molecule has 5 heteroatoms. The van der Waals surface area contributed by atoms with Gasteiger partial charge in [0.25, 0.3) is 0 Å². The van der Waals surface area contributed by atoms with E-state index >= 15 is 0 Å². The minimum atomic E-state index is -0.773. The van der Waals surface area contributed by atoms with Gasteiger partial charge in [0, 0.05) is 13.6 Å². The quantitative estimate of drug-likeness (QED) is 0.771. The lowest BCUT2D eigenvalue weighted by atomic mass is 10.0. The van der Waals surface area contributed by atoms with Crippen molar-refractivity contribution in [3.8, 4) is 5.75 Å². The first-order valence-electron chi connectivity index (χ1n) is 6.33. The molecule has 1 atom stereocenters. The third kappa shape index (κ3) is 3.61. The van der Waals surface area contributed by atoms with Gasteiger partial charge in [-0.2, -0.15) is 0 Å². The molecule has 0 fully saturated rings. The van der Waals surface area contributed by atoms with Gasteiger partial charge in [0.05, 0.1) is 12.8 Å². The summed E-state index contributed by atoms with van der Waals surface area (Å²) in [5.74, 6) is 0.407. The van der Waals surface area contributed by atoms with Gasteiger partial charge in [0.15, 0.2) is 0 Å². The van der Waals surface area contributed by atoms with Crippen molar-refractivity contribution in [2.75, 3.05) is 32.1 Å². The van der Waals surface area contributed by atoms with E-state index in [0.29, 0.717) is 13.1 Å². The predicted molar refractivity (Wildman–Crippen MR) is 77.5 cm³/mol. The average molecular weight is 265 g/mol. The Morgan fingerprint density at radius 2 is 2.11 bits per heavy atom. The zero-order valence-corrected chi connectivity index (χ0v) is 12.1. The number of hydrogen-bond acceptors (Lipinski definition) is 4. The smallest absolute Gasteiger partial charge is 0.239 e. The van der Waals surface area contributed by atoms with Crippen molar-refractivity contribution in [3.05, 3.63) is 24.3 Å². The van der Waals surface area contributed by atoms with Crippen molar-refractivity contribution in [1.82, 2.24) is 5.32 Å². The van der Waals surface area contributed by atoms with E-state index < -0.39 is 5.54 Å². The Kier molecular flexibility index (Phi) is 5.18. The van der Waals surface area contributed by atoms with Crippen LogP contribution < -0.4 is 20.7 Å². The number of amides is 1. The number of methoxy groups -OCH3 is 1. The minimum Gasteiger partial charge on any atom is -0.495 e. The Labute approximate surface area is 114 Å². The second-order valence-electron chi connectivity index (χ2n) is 4.75. The molecule has 1 aromatic rings. The summed E-state index contributed by atoms with van der Waals surface area (Å²) in [7, 11) is 3.54. The van der Waals surface area contributed by atoms with Crippen LogP contribution in [0.25, 0.3) is 0 Å². The molecule has 1 amide bonds. The number of ether oxygens (including phenoxy) is 1. The highest BCUT2D eigenvalue weighted by atomic mass is 16.5. The molecule has 0 aromatic heterocycles. The molecule has 1 rings (SSSR count). The van der Waals surface area contributed by atoms with Crippen LogP contribution in [0.5, 0.6) is 5.75 Å². The van der Waals surface area contributed by atoms with Crippen LogP contribution in [0.1, 0.15) is 13.8 Å². The summed E-state index contributed by atoms with van der Waals surface area (Å²) in [6.07, 6.45) is 0. The average Bonchev–Trinajstić information content (AvgIpc) is 2.38. The number of rotatable bonds is 7. The summed E-state index contributed by atoms with van der Waals surface area (Å²) in [5, 5.41) is 3.14. The number of nitrogens with two attached hydrogens (primary N) is 1. The molecule has 0 aliphatic rings. The monoisotopic (exact) mass is 265 g/mol. The van der Waals surface area contributed by atoms with Gasteiger partial charge in [0.2, 0.25) is 5.91 Å². The third-order valence-corrected chi connectivity index (χ3v) is 3.16. The number of anilines is 1. The number of nitrogens with one attached hydrogen (secondary N) is 1. The van der Waals surface area contributed by atoms with E-state index in [-0.39, 0.29) is 5.91 Å². The normalized spacial score (nSPS) is 13.7. The molecular weight excluding hydrogens is 242 g/mol. The molecule has 0 radical (unpaired) electrons. The second-order valence-corrected chi connectivity index (χ2v) is 4.75. The molecule has 0 saturated heterocycles. The lowest BCUT2D eigenvalue weighted by Gasteiger charge is -2.33. The van der Waals surface area contributed by atoms with E-state index in [4.69, 9.17) is 10.5 Å². The van der Waals surface area contributed by atoms with Crippen molar-refractivity contribution in [3.63, 3.8) is 0 Å². The van der Waals surface area contributed by atoms with Gasteiger partial charge in [-0.05, 0) is 25.6 Å². The van der Waals surface area contributed by atoms with Crippen LogP contribution in [0, 0.1) is 0 Å². The predicted octanol–water partition coefficient (Wildman–Crippen LogP) is 0.985. The number of hydrogen-bond donors (Lipinski definition) is 2. The van der Waals surface area contributed by atoms with E-state index in [2.05, 4.69) is 5.32 Å². The summed E-state index contributed by atoms with van der Waals surface area (Å²) in [5.41, 5.74) is 5.65. The molecule has 0 aliphatic heterocycles. The number of primary amides is 1. The van der Waals surface area contributed by atoms with Crippen molar-refractivity contribution in [2.45, 2.75) is 19.4 Å². The molecule has 0 aliphatic carbocycles. The maximum Gasteiger partial charge on any atom is 0.239 e. The molecule has 3 N–H and O–H groups in total. The van der Waals surface area contributed by atoms with Gasteiger partial charge in [-0.15, -0.1) is 0 Å². The first-order chi connectivity index (χ1) is 8.94. The molecule has 1 aromatic carbocycles. The Hall–Kier alpha value is -1.75. The molecule has 1 unspecified atom stereocenters. The summed E-state index contributed by atoms with van der Waals surface area (Å²) >= 11 is 0. The fraction of sp³-hybridized carbons (Fsp3) is 0.500. The minimum absolute atomic E-state index is 0.365. The summed E-state index contributed by atoms with van der Waals surface area (Å²) < 4.78 is 5.32. The highest BCUT2D eigenvalue weighted by Gasteiger charge is 2.31. The highest BCUT2D eigenvalue weighted by Crippen LogP contribution is 2.27. The van der Waals surface area contributed by atoms with Crippen LogP contribution in [-0.4, -0.2) is 38.7 Å². The zero-order chi connectivity index (χ0) is 14.5. The van der Waals surface area contributed by atoms with Gasteiger partial charge in [-0.1, -0.05) is 19.1 Å². The van der Waals surface area contributed by atoms with Crippen LogP contribution in [0.2, 0.25) is 0 Å². The van der Waals surface area contributed by atoms with E-state index in [1.807, 2.05) is 50.1 Å². The molecular formula is C14H23N3O2. The molecule has 19 heavy (non-hydrogen) atoms. The van der Waals surface area contributed by atoms with Crippen molar-refractivity contribution >= 4 is 11.6 Å². The number of carbonyl (C=O) groups excluding carboxylic acids is 1. The summed E-state index contributed by atoms with van der Waals surface area (Å²) in [6, 6.07) is 7.68. The van der Waals surface area contributed by atoms with Crippen molar-refractivity contribution in [2.24, 2.45) is 5.73 Å². The number of para-hydroxylation sites is 2. The van der Waals surface area contributed by atoms with E-state index in [1.54, 1.807) is 7.11 Å². The van der Waals surface area contributed by atoms with Gasteiger partial charge >= 0.3 is 0 Å². The van der Waals surface area contributed by atoms with Crippen LogP contribution in [-0.2, 0) is 4.79 Å². The van der Waals surface area contributed by atoms with Crippen molar-refractivity contribution < 1.29 is 9.53 Å². The van der Waals surface area contributed by atoms with Crippen LogP contribution in [0.3, 0.4) is 0 Å². The molecule has 0 saturated carbocycles. The topological polar surface area (TPSA) is 67.6 Å². The molecule has 106 valence electrons. The number of nitrogens with zero attached hydrogens (tertiary/aromatic N) is 1. The Balaban J connectivity index is 2.94. The maximum absolute atomic E-state index is 11.6. The van der Waals surface area contributed by atoms with Crippen LogP contribution >= 0.6 is 0 Å². The summed E-state index contributed by atoms with van der Waals surface area (Å²) in [6.45, 7) is 4.91. The lowest BCUT2D eigenvalue weighted by Crippen LogP contribution is -2.59. The van der Waals surface area contributed by atoms with Crippen LogP contribution in [0.15, 0.2) is 24.3 Å². The number of carbonyl (C=O) groups is 1. The molecule has 5 nitrogen and oxygen atoms in total. The Morgan fingerprint density at radius 3 is 2.63 bits per heavy atom. The SMILES string of the molecule is CCNC(C)(CN(C)c1ccccc1OC)C(N)=O. The molecule has 0 bridgehead atoms. The van der Waals surface area contributed by atoms with Gasteiger partial charge in [-0.3, -0.25) is 4.79 Å². The zero-order valence-electron chi connectivity index (χ0n) is 12.1. The van der Waals surface area contributed by atoms with Crippen molar-refractivity contribution in [1.29, 1.82) is 0 Å². The van der Waals surface area contributed by atoms with Crippen LogP contribution in [0.4, 0.5) is 5.69 Å². The number of likely N-dealkylation sites (N-methyl/N-ethyl adjacent to an activating group) is 2. The number of benzene rings is 1. The Bertz CT molecular complexity index is 436. The van der Waals surface area contributed by atoms with Gasteiger partial charge < -0.3 is 20.7 Å². The lowest BCUT2D eigenvalue weighted by molar-refractivity contribution is -0.123. The maximum atomic E-state index is 11.6. The molecule has 0 spiro atoms.